The van der Waals surface area contributed by atoms with Crippen LogP contribution in [0.15, 0.2) is 66.2 Å². The minimum Gasteiger partial charge on any atom is -0.273 e. The standard InChI is InChI=1S/C17H13N7S2/c25-16-20-21-17(26)24(16)19-10-13-11-23(14-6-2-1-3-7-14)22-15(13)12-5-4-8-18-9-12/h1-11H,(H,20,25)(H,21,26)/b19-10-. The molecule has 2 N–H and O–H groups in total. The second-order valence-electron chi connectivity index (χ2n) is 5.37. The van der Waals surface area contributed by atoms with Gasteiger partial charge in [0.25, 0.3) is 0 Å². The van der Waals surface area contributed by atoms with Crippen LogP contribution in [-0.2, 0) is 0 Å². The molecule has 7 nitrogen and oxygen atoms in total. The summed E-state index contributed by atoms with van der Waals surface area (Å²) in [5.41, 5.74) is 3.43. The highest BCUT2D eigenvalue weighted by atomic mass is 32.1. The number of hydrogen-bond donors (Lipinski definition) is 2. The molecule has 0 bridgehead atoms. The summed E-state index contributed by atoms with van der Waals surface area (Å²) >= 11 is 10.3. The molecule has 26 heavy (non-hydrogen) atoms. The molecule has 0 atom stereocenters. The summed E-state index contributed by atoms with van der Waals surface area (Å²) in [6.07, 6.45) is 7.08. The van der Waals surface area contributed by atoms with E-state index in [2.05, 4.69) is 20.3 Å². The molecular formula is C17H13N7S2. The number of para-hydroxylation sites is 1. The molecule has 0 amide bonds. The lowest BCUT2D eigenvalue weighted by Crippen LogP contribution is -1.94. The molecule has 0 aliphatic carbocycles. The van der Waals surface area contributed by atoms with Crippen LogP contribution in [-0.4, -0.2) is 35.9 Å². The molecule has 0 aliphatic heterocycles. The maximum Gasteiger partial charge on any atom is 0.215 e. The summed E-state index contributed by atoms with van der Waals surface area (Å²) in [5.74, 6) is 0. The number of aromatic amines is 2. The van der Waals surface area contributed by atoms with Crippen molar-refractivity contribution in [2.75, 3.05) is 0 Å². The Bertz CT molecular complexity index is 1140. The highest BCUT2D eigenvalue weighted by Gasteiger charge is 2.11. The van der Waals surface area contributed by atoms with Crippen LogP contribution in [0.4, 0.5) is 0 Å². The third-order valence-corrected chi connectivity index (χ3v) is 4.22. The maximum atomic E-state index is 5.16. The lowest BCUT2D eigenvalue weighted by Gasteiger charge is -1.99. The number of hydrogen-bond acceptors (Lipinski definition) is 5. The van der Waals surface area contributed by atoms with Crippen molar-refractivity contribution in [3.63, 3.8) is 0 Å². The van der Waals surface area contributed by atoms with Gasteiger partial charge in [0.05, 0.1) is 11.9 Å². The molecule has 9 heteroatoms. The van der Waals surface area contributed by atoms with Gasteiger partial charge in [-0.1, -0.05) is 18.2 Å². The Hall–Kier alpha value is -3.17. The summed E-state index contributed by atoms with van der Waals surface area (Å²) in [4.78, 5) is 4.18. The van der Waals surface area contributed by atoms with E-state index in [0.29, 0.717) is 9.54 Å². The predicted octanol–water partition coefficient (Wildman–Crippen LogP) is 3.73. The van der Waals surface area contributed by atoms with Gasteiger partial charge in [-0.05, 0) is 48.7 Å². The fraction of sp³-hybridized carbons (Fsp3) is 0. The fourth-order valence-corrected chi connectivity index (χ4v) is 2.89. The number of benzene rings is 1. The van der Waals surface area contributed by atoms with Crippen LogP contribution in [0.2, 0.25) is 0 Å². The zero-order valence-corrected chi connectivity index (χ0v) is 15.0. The number of nitrogens with one attached hydrogen (secondary N) is 2. The summed E-state index contributed by atoms with van der Waals surface area (Å²) < 4.78 is 4.03. The van der Waals surface area contributed by atoms with E-state index >= 15 is 0 Å². The summed E-state index contributed by atoms with van der Waals surface area (Å²) in [5, 5.41) is 14.6. The molecular weight excluding hydrogens is 366 g/mol. The maximum absolute atomic E-state index is 5.16. The Morgan fingerprint density at radius 2 is 1.77 bits per heavy atom. The Kier molecular flexibility index (Phi) is 4.38. The first-order chi connectivity index (χ1) is 12.7. The average Bonchev–Trinajstić information content (AvgIpc) is 3.25. The topological polar surface area (TPSA) is 79.6 Å². The van der Waals surface area contributed by atoms with E-state index in [4.69, 9.17) is 29.5 Å². The average molecular weight is 379 g/mol. The zero-order valence-electron chi connectivity index (χ0n) is 13.4. The largest absolute Gasteiger partial charge is 0.273 e. The Balaban J connectivity index is 1.83. The van der Waals surface area contributed by atoms with Gasteiger partial charge >= 0.3 is 0 Å². The Labute approximate surface area is 158 Å². The molecule has 0 radical (unpaired) electrons. The monoisotopic (exact) mass is 379 g/mol. The van der Waals surface area contributed by atoms with Crippen LogP contribution in [0.25, 0.3) is 16.9 Å². The van der Waals surface area contributed by atoms with Crippen molar-refractivity contribution in [3.8, 4) is 16.9 Å². The first-order valence-corrected chi connectivity index (χ1v) is 8.53. The fourth-order valence-electron chi connectivity index (χ4n) is 2.45. The number of nitrogens with zero attached hydrogens (tertiary/aromatic N) is 5. The smallest absolute Gasteiger partial charge is 0.215 e. The normalized spacial score (nSPS) is 11.2. The van der Waals surface area contributed by atoms with Crippen LogP contribution in [0.1, 0.15) is 5.56 Å². The second-order valence-corrected chi connectivity index (χ2v) is 6.14. The van der Waals surface area contributed by atoms with Gasteiger partial charge in [0, 0.05) is 29.7 Å². The van der Waals surface area contributed by atoms with Crippen molar-refractivity contribution in [1.82, 2.24) is 29.6 Å². The summed E-state index contributed by atoms with van der Waals surface area (Å²) in [7, 11) is 0. The number of H-pyrrole nitrogens is 2. The van der Waals surface area contributed by atoms with Crippen LogP contribution in [0.5, 0.6) is 0 Å². The molecule has 0 aliphatic rings. The van der Waals surface area contributed by atoms with Gasteiger partial charge in [0.2, 0.25) is 9.54 Å². The molecule has 128 valence electrons. The highest BCUT2D eigenvalue weighted by molar-refractivity contribution is 7.72. The van der Waals surface area contributed by atoms with Crippen LogP contribution < -0.4 is 0 Å². The van der Waals surface area contributed by atoms with Crippen molar-refractivity contribution in [2.24, 2.45) is 5.10 Å². The van der Waals surface area contributed by atoms with Crippen molar-refractivity contribution in [3.05, 3.63) is 76.2 Å². The number of pyridine rings is 1. The van der Waals surface area contributed by atoms with Crippen LogP contribution in [0.3, 0.4) is 0 Å². The van der Waals surface area contributed by atoms with Gasteiger partial charge in [-0.25, -0.2) is 4.68 Å². The van der Waals surface area contributed by atoms with Crippen molar-refractivity contribution in [2.45, 2.75) is 0 Å². The molecule has 4 aromatic rings. The molecule has 0 saturated carbocycles. The summed E-state index contributed by atoms with van der Waals surface area (Å²) in [6.45, 7) is 0. The van der Waals surface area contributed by atoms with Gasteiger partial charge in [0.1, 0.15) is 5.69 Å². The molecule has 3 aromatic heterocycles. The molecule has 0 fully saturated rings. The van der Waals surface area contributed by atoms with E-state index in [1.165, 1.54) is 4.68 Å². The van der Waals surface area contributed by atoms with E-state index < -0.39 is 0 Å². The molecule has 4 rings (SSSR count). The third-order valence-electron chi connectivity index (χ3n) is 3.67. The van der Waals surface area contributed by atoms with E-state index in [1.54, 1.807) is 23.3 Å². The lowest BCUT2D eigenvalue weighted by atomic mass is 10.1. The van der Waals surface area contributed by atoms with E-state index in [-0.39, 0.29) is 0 Å². The Morgan fingerprint density at radius 1 is 1.00 bits per heavy atom. The molecule has 0 saturated heterocycles. The van der Waals surface area contributed by atoms with Crippen molar-refractivity contribution in [1.29, 1.82) is 0 Å². The molecule has 0 spiro atoms. The first kappa shape index (κ1) is 16.3. The number of aromatic nitrogens is 6. The quantitative estimate of drug-likeness (QED) is 0.418. The molecule has 0 unspecified atom stereocenters. The lowest BCUT2D eigenvalue weighted by molar-refractivity contribution is 0.848. The van der Waals surface area contributed by atoms with E-state index in [9.17, 15) is 0 Å². The SMILES string of the molecule is S=c1[nH][nH]c(=S)n1/N=C\c1cn(-c2ccccc2)nc1-c1cccnc1. The second kappa shape index (κ2) is 6.98. The van der Waals surface area contributed by atoms with Gasteiger partial charge in [-0.3, -0.25) is 15.2 Å². The van der Waals surface area contributed by atoms with E-state index in [0.717, 1.165) is 22.5 Å². The van der Waals surface area contributed by atoms with Gasteiger partial charge in [-0.15, -0.1) is 0 Å². The molecule has 3 heterocycles. The van der Waals surface area contributed by atoms with Gasteiger partial charge in [0.15, 0.2) is 0 Å². The van der Waals surface area contributed by atoms with E-state index in [1.807, 2.05) is 48.7 Å². The predicted molar refractivity (Wildman–Crippen MR) is 105 cm³/mol. The zero-order chi connectivity index (χ0) is 17.9. The minimum absolute atomic E-state index is 0.393. The molecule has 1 aromatic carbocycles. The van der Waals surface area contributed by atoms with Crippen molar-refractivity contribution >= 4 is 30.7 Å². The van der Waals surface area contributed by atoms with Crippen LogP contribution >= 0.6 is 24.4 Å². The van der Waals surface area contributed by atoms with Gasteiger partial charge in [-0.2, -0.15) is 14.9 Å². The number of rotatable bonds is 4. The highest BCUT2D eigenvalue weighted by Crippen LogP contribution is 2.21. The first-order valence-electron chi connectivity index (χ1n) is 7.72. The minimum atomic E-state index is 0.393. The van der Waals surface area contributed by atoms with Crippen molar-refractivity contribution < 1.29 is 0 Å². The summed E-state index contributed by atoms with van der Waals surface area (Å²) in [6, 6.07) is 13.7. The van der Waals surface area contributed by atoms with Crippen LogP contribution in [0, 0.1) is 9.54 Å². The van der Waals surface area contributed by atoms with Gasteiger partial charge < -0.3 is 0 Å². The third kappa shape index (κ3) is 3.17. The Morgan fingerprint density at radius 3 is 2.46 bits per heavy atom.